The van der Waals surface area contributed by atoms with E-state index in [1.54, 1.807) is 0 Å². The van der Waals surface area contributed by atoms with Crippen LogP contribution in [0.1, 0.15) is 29.0 Å². The second kappa shape index (κ2) is 6.00. The van der Waals surface area contributed by atoms with Gasteiger partial charge in [0.2, 0.25) is 0 Å². The first-order valence-corrected chi connectivity index (χ1v) is 6.88. The zero-order valence-corrected chi connectivity index (χ0v) is 12.7. The Balaban J connectivity index is 2.17. The maximum Gasteiger partial charge on any atom is 0.272 e. The van der Waals surface area contributed by atoms with Gasteiger partial charge in [-0.25, -0.2) is 4.68 Å². The van der Waals surface area contributed by atoms with Gasteiger partial charge in [0.05, 0.1) is 6.04 Å². The van der Waals surface area contributed by atoms with Gasteiger partial charge in [0, 0.05) is 17.6 Å². The molecule has 0 saturated carbocycles. The fraction of sp³-hybridized carbons (Fsp3) is 0.214. The van der Waals surface area contributed by atoms with Crippen molar-refractivity contribution < 1.29 is 4.79 Å². The van der Waals surface area contributed by atoms with E-state index >= 15 is 0 Å². The Morgan fingerprint density at radius 3 is 2.65 bits per heavy atom. The smallest absolute Gasteiger partial charge is 0.272 e. The van der Waals surface area contributed by atoms with Gasteiger partial charge in [0.25, 0.3) is 11.5 Å². The summed E-state index contributed by atoms with van der Waals surface area (Å²) in [5.74, 6) is -0.316. The molecule has 2 aromatic rings. The summed E-state index contributed by atoms with van der Waals surface area (Å²) >= 11 is 3.45. The van der Waals surface area contributed by atoms with Crippen LogP contribution in [0.5, 0.6) is 0 Å². The highest BCUT2D eigenvalue weighted by Crippen LogP contribution is 2.22. The van der Waals surface area contributed by atoms with E-state index < -0.39 is 0 Å². The molecule has 1 aromatic heterocycles. The van der Waals surface area contributed by atoms with E-state index in [-0.39, 0.29) is 23.2 Å². The van der Waals surface area contributed by atoms with Gasteiger partial charge in [0.15, 0.2) is 0 Å². The SMILES string of the molecule is CC(NC(=O)c1ccc(=O)n(C)n1)c1ccccc1Br. The van der Waals surface area contributed by atoms with Crippen molar-refractivity contribution in [2.45, 2.75) is 13.0 Å². The molecular weight excluding hydrogens is 322 g/mol. The number of halogens is 1. The van der Waals surface area contributed by atoms with E-state index in [1.807, 2.05) is 31.2 Å². The molecule has 0 spiro atoms. The molecule has 0 bridgehead atoms. The average molecular weight is 336 g/mol. The third-order valence-electron chi connectivity index (χ3n) is 2.91. The maximum atomic E-state index is 12.1. The molecule has 6 heteroatoms. The number of amides is 1. The highest BCUT2D eigenvalue weighted by molar-refractivity contribution is 9.10. The van der Waals surface area contributed by atoms with Gasteiger partial charge < -0.3 is 5.32 Å². The van der Waals surface area contributed by atoms with Crippen LogP contribution in [0.25, 0.3) is 0 Å². The Labute approximate surface area is 124 Å². The number of carbonyl (C=O) groups is 1. The molecule has 2 rings (SSSR count). The molecule has 0 fully saturated rings. The molecule has 1 heterocycles. The Morgan fingerprint density at radius 1 is 1.30 bits per heavy atom. The van der Waals surface area contributed by atoms with Crippen LogP contribution < -0.4 is 10.9 Å². The van der Waals surface area contributed by atoms with Crippen LogP contribution in [-0.2, 0) is 7.05 Å². The molecule has 0 aliphatic carbocycles. The van der Waals surface area contributed by atoms with Gasteiger partial charge in [-0.05, 0) is 24.6 Å². The molecule has 1 N–H and O–H groups in total. The van der Waals surface area contributed by atoms with Gasteiger partial charge >= 0.3 is 0 Å². The van der Waals surface area contributed by atoms with E-state index in [4.69, 9.17) is 0 Å². The Morgan fingerprint density at radius 2 is 2.00 bits per heavy atom. The summed E-state index contributed by atoms with van der Waals surface area (Å²) in [5, 5.41) is 6.78. The van der Waals surface area contributed by atoms with Crippen molar-refractivity contribution in [2.75, 3.05) is 0 Å². The van der Waals surface area contributed by atoms with Crippen LogP contribution in [-0.4, -0.2) is 15.7 Å². The first kappa shape index (κ1) is 14.5. The van der Waals surface area contributed by atoms with Crippen LogP contribution in [0.2, 0.25) is 0 Å². The normalized spacial score (nSPS) is 11.9. The van der Waals surface area contributed by atoms with Crippen molar-refractivity contribution in [1.29, 1.82) is 0 Å². The van der Waals surface area contributed by atoms with Crippen LogP contribution >= 0.6 is 15.9 Å². The lowest BCUT2D eigenvalue weighted by atomic mass is 10.1. The number of rotatable bonds is 3. The predicted octanol–water partition coefficient (Wildman–Crippen LogP) is 2.03. The van der Waals surface area contributed by atoms with Gasteiger partial charge in [-0.1, -0.05) is 34.1 Å². The van der Waals surface area contributed by atoms with E-state index in [2.05, 4.69) is 26.3 Å². The summed E-state index contributed by atoms with van der Waals surface area (Å²) in [5.41, 5.74) is 0.942. The Kier molecular flexibility index (Phi) is 4.34. The summed E-state index contributed by atoms with van der Waals surface area (Å²) in [6.07, 6.45) is 0. The Bertz CT molecular complexity index is 697. The fourth-order valence-electron chi connectivity index (χ4n) is 1.80. The maximum absolute atomic E-state index is 12.1. The van der Waals surface area contributed by atoms with E-state index in [9.17, 15) is 9.59 Å². The number of nitrogens with one attached hydrogen (secondary N) is 1. The molecule has 1 unspecified atom stereocenters. The lowest BCUT2D eigenvalue weighted by Crippen LogP contribution is -2.30. The lowest BCUT2D eigenvalue weighted by Gasteiger charge is -2.15. The highest BCUT2D eigenvalue weighted by atomic mass is 79.9. The van der Waals surface area contributed by atoms with Gasteiger partial charge in [0.1, 0.15) is 5.69 Å². The fourth-order valence-corrected chi connectivity index (χ4v) is 2.43. The molecule has 0 aliphatic rings. The first-order chi connectivity index (χ1) is 9.49. The molecule has 1 aromatic carbocycles. The molecule has 0 saturated heterocycles. The summed E-state index contributed by atoms with van der Waals surface area (Å²) in [4.78, 5) is 23.3. The summed E-state index contributed by atoms with van der Waals surface area (Å²) in [7, 11) is 1.51. The number of carbonyl (C=O) groups excluding carboxylic acids is 1. The molecule has 0 radical (unpaired) electrons. The topological polar surface area (TPSA) is 64.0 Å². The van der Waals surface area contributed by atoms with E-state index in [1.165, 1.54) is 19.2 Å². The highest BCUT2D eigenvalue weighted by Gasteiger charge is 2.14. The molecule has 104 valence electrons. The molecule has 0 aliphatic heterocycles. The van der Waals surface area contributed by atoms with Crippen LogP contribution in [0.3, 0.4) is 0 Å². The lowest BCUT2D eigenvalue weighted by molar-refractivity contribution is 0.0932. The van der Waals surface area contributed by atoms with Gasteiger partial charge in [-0.2, -0.15) is 5.10 Å². The largest absolute Gasteiger partial charge is 0.344 e. The Hall–Kier alpha value is -1.95. The molecule has 20 heavy (non-hydrogen) atoms. The van der Waals surface area contributed by atoms with Crippen molar-refractivity contribution in [3.63, 3.8) is 0 Å². The van der Waals surface area contributed by atoms with E-state index in [0.717, 1.165) is 14.7 Å². The van der Waals surface area contributed by atoms with Crippen LogP contribution in [0.4, 0.5) is 0 Å². The number of aromatic nitrogens is 2. The number of nitrogens with zero attached hydrogens (tertiary/aromatic N) is 2. The third kappa shape index (κ3) is 3.14. The number of aryl methyl sites for hydroxylation is 1. The van der Waals surface area contributed by atoms with Crippen molar-refractivity contribution >= 4 is 21.8 Å². The summed E-state index contributed by atoms with van der Waals surface area (Å²) < 4.78 is 2.07. The molecule has 1 amide bonds. The zero-order chi connectivity index (χ0) is 14.7. The van der Waals surface area contributed by atoms with Gasteiger partial charge in [-0.3, -0.25) is 9.59 Å². The number of benzene rings is 1. The minimum Gasteiger partial charge on any atom is -0.344 e. The quantitative estimate of drug-likeness (QED) is 0.933. The second-order valence-corrected chi connectivity index (χ2v) is 5.25. The minimum absolute atomic E-state index is 0.169. The minimum atomic E-state index is -0.316. The zero-order valence-electron chi connectivity index (χ0n) is 11.1. The molecule has 1 atom stereocenters. The van der Waals surface area contributed by atoms with Crippen molar-refractivity contribution in [1.82, 2.24) is 15.1 Å². The van der Waals surface area contributed by atoms with Crippen molar-refractivity contribution in [3.8, 4) is 0 Å². The van der Waals surface area contributed by atoms with Crippen molar-refractivity contribution in [3.05, 3.63) is 62.5 Å². The second-order valence-electron chi connectivity index (χ2n) is 4.40. The first-order valence-electron chi connectivity index (χ1n) is 6.08. The predicted molar refractivity (Wildman–Crippen MR) is 79.5 cm³/mol. The van der Waals surface area contributed by atoms with E-state index in [0.29, 0.717) is 0 Å². The molecular formula is C14H14BrN3O2. The summed E-state index contributed by atoms with van der Waals surface area (Å²) in [6, 6.07) is 10.3. The monoisotopic (exact) mass is 335 g/mol. The van der Waals surface area contributed by atoms with Gasteiger partial charge in [-0.15, -0.1) is 0 Å². The standard InChI is InChI=1S/C14H14BrN3O2/c1-9(10-5-3-4-6-11(10)15)16-14(20)12-7-8-13(19)18(2)17-12/h3-9H,1-2H3,(H,16,20). The number of hydrogen-bond donors (Lipinski definition) is 1. The third-order valence-corrected chi connectivity index (χ3v) is 3.63. The number of hydrogen-bond acceptors (Lipinski definition) is 3. The van der Waals surface area contributed by atoms with Crippen LogP contribution in [0.15, 0.2) is 45.7 Å². The molecule has 5 nitrogen and oxygen atoms in total. The van der Waals surface area contributed by atoms with Crippen molar-refractivity contribution in [2.24, 2.45) is 7.05 Å². The average Bonchev–Trinajstić information content (AvgIpc) is 2.42. The summed E-state index contributed by atoms with van der Waals surface area (Å²) in [6.45, 7) is 1.89. The van der Waals surface area contributed by atoms with Crippen LogP contribution in [0, 0.1) is 0 Å².